The van der Waals surface area contributed by atoms with Crippen LogP contribution < -0.4 is 5.32 Å². The molecule has 0 atom stereocenters. The minimum absolute atomic E-state index is 0.140. The van der Waals surface area contributed by atoms with Crippen LogP contribution >= 0.6 is 23.4 Å². The third-order valence-electron chi connectivity index (χ3n) is 2.86. The minimum Gasteiger partial charge on any atom is -0.463 e. The lowest BCUT2D eigenvalue weighted by molar-refractivity contribution is -0.141. The molecule has 1 N–H and O–H groups in total. The molecule has 1 amide bonds. The lowest BCUT2D eigenvalue weighted by Crippen LogP contribution is -2.30. The van der Waals surface area contributed by atoms with Gasteiger partial charge in [-0.25, -0.2) is 0 Å². The highest BCUT2D eigenvalue weighted by atomic mass is 35.5. The van der Waals surface area contributed by atoms with Crippen LogP contribution in [0.25, 0.3) is 0 Å². The molecule has 23 heavy (non-hydrogen) atoms. The fourth-order valence-electron chi connectivity index (χ4n) is 1.74. The second-order valence-corrected chi connectivity index (χ2v) is 6.18. The van der Waals surface area contributed by atoms with E-state index in [1.54, 1.807) is 36.0 Å². The molecule has 2 rings (SSSR count). The summed E-state index contributed by atoms with van der Waals surface area (Å²) in [6, 6.07) is 16.2. The number of nitrogens with one attached hydrogen (secondary N) is 1. The summed E-state index contributed by atoms with van der Waals surface area (Å²) in [6.45, 7) is 0.146. The van der Waals surface area contributed by atoms with Crippen molar-refractivity contribution < 1.29 is 14.3 Å². The second-order valence-electron chi connectivity index (χ2n) is 4.57. The Labute approximate surface area is 144 Å². The highest BCUT2D eigenvalue weighted by Gasteiger charge is 2.08. The van der Waals surface area contributed by atoms with Crippen LogP contribution in [0.2, 0.25) is 5.02 Å². The average Bonchev–Trinajstić information content (AvgIpc) is 2.59. The van der Waals surface area contributed by atoms with Crippen molar-refractivity contribution in [2.24, 2.45) is 0 Å². The molecule has 0 heterocycles. The van der Waals surface area contributed by atoms with E-state index in [9.17, 15) is 9.59 Å². The second kappa shape index (κ2) is 9.22. The quantitative estimate of drug-likeness (QED) is 0.473. The van der Waals surface area contributed by atoms with Crippen LogP contribution in [0.3, 0.4) is 0 Å². The molecule has 0 unspecified atom stereocenters. The van der Waals surface area contributed by atoms with Gasteiger partial charge in [-0.1, -0.05) is 29.8 Å². The Morgan fingerprint density at radius 3 is 2.43 bits per heavy atom. The first-order valence-corrected chi connectivity index (χ1v) is 8.39. The van der Waals surface area contributed by atoms with Crippen LogP contribution in [0.4, 0.5) is 0 Å². The summed E-state index contributed by atoms with van der Waals surface area (Å²) in [7, 11) is 0. The van der Waals surface area contributed by atoms with E-state index < -0.39 is 5.97 Å². The Morgan fingerprint density at radius 1 is 1.04 bits per heavy atom. The van der Waals surface area contributed by atoms with Gasteiger partial charge in [0.1, 0.15) is 13.2 Å². The summed E-state index contributed by atoms with van der Waals surface area (Å²) >= 11 is 7.38. The lowest BCUT2D eigenvalue weighted by atomic mass is 10.2. The van der Waals surface area contributed by atoms with Gasteiger partial charge in [0.05, 0.1) is 0 Å². The molecule has 0 aliphatic rings. The predicted molar refractivity (Wildman–Crippen MR) is 91.9 cm³/mol. The molecule has 2 aromatic carbocycles. The molecule has 0 spiro atoms. The molecule has 0 fully saturated rings. The number of hydrogen-bond acceptors (Lipinski definition) is 4. The topological polar surface area (TPSA) is 55.4 Å². The summed E-state index contributed by atoms with van der Waals surface area (Å²) in [5, 5.41) is 3.22. The van der Waals surface area contributed by atoms with Gasteiger partial charge in [0, 0.05) is 21.2 Å². The molecule has 4 nitrogen and oxygen atoms in total. The van der Waals surface area contributed by atoms with E-state index in [0.29, 0.717) is 16.3 Å². The number of hydrogen-bond donors (Lipinski definition) is 1. The molecule has 0 aliphatic heterocycles. The average molecular weight is 350 g/mol. The molecule has 6 heteroatoms. The van der Waals surface area contributed by atoms with Crippen molar-refractivity contribution in [1.82, 2.24) is 5.32 Å². The summed E-state index contributed by atoms with van der Waals surface area (Å²) in [4.78, 5) is 24.4. The fourth-order valence-corrected chi connectivity index (χ4v) is 2.60. The molecule has 2 aromatic rings. The van der Waals surface area contributed by atoms with Crippen molar-refractivity contribution in [2.75, 3.05) is 18.9 Å². The van der Waals surface area contributed by atoms with Gasteiger partial charge in [-0.15, -0.1) is 11.8 Å². The maximum absolute atomic E-state index is 11.8. The fraction of sp³-hybridized carbons (Fsp3) is 0.176. The Hall–Kier alpha value is -1.98. The summed E-state index contributed by atoms with van der Waals surface area (Å²) in [5.41, 5.74) is 0.513. The number of esters is 1. The van der Waals surface area contributed by atoms with Gasteiger partial charge in [0.15, 0.2) is 0 Å². The molecule has 0 saturated carbocycles. The largest absolute Gasteiger partial charge is 0.463 e. The van der Waals surface area contributed by atoms with Crippen LogP contribution in [0.1, 0.15) is 10.4 Å². The number of carbonyl (C=O) groups excluding carboxylic acids is 2. The summed E-state index contributed by atoms with van der Waals surface area (Å²) in [6.07, 6.45) is 0. The number of thioether (sulfide) groups is 1. The van der Waals surface area contributed by atoms with Gasteiger partial charge in [0.2, 0.25) is 0 Å². The van der Waals surface area contributed by atoms with E-state index in [1.807, 2.05) is 30.3 Å². The molecule has 0 aromatic heterocycles. The summed E-state index contributed by atoms with van der Waals surface area (Å²) in [5.74, 6) is -0.107. The van der Waals surface area contributed by atoms with E-state index in [0.717, 1.165) is 4.90 Å². The van der Waals surface area contributed by atoms with Crippen LogP contribution in [0.5, 0.6) is 0 Å². The van der Waals surface area contributed by atoms with Crippen LogP contribution in [-0.4, -0.2) is 30.8 Å². The van der Waals surface area contributed by atoms with Gasteiger partial charge in [-0.05, 0) is 36.4 Å². The number of benzene rings is 2. The van der Waals surface area contributed by atoms with E-state index in [4.69, 9.17) is 16.3 Å². The Balaban J connectivity index is 1.62. The van der Waals surface area contributed by atoms with Crippen molar-refractivity contribution in [3.8, 4) is 0 Å². The van der Waals surface area contributed by atoms with Crippen LogP contribution in [0, 0.1) is 0 Å². The van der Waals surface area contributed by atoms with E-state index in [2.05, 4.69) is 5.32 Å². The standard InChI is InChI=1S/C17H16ClNO3S/c18-14-6-8-15(9-7-14)23-11-10-22-16(20)12-19-17(21)13-4-2-1-3-5-13/h1-9H,10-12H2,(H,19,21). The normalized spacial score (nSPS) is 10.1. The first-order valence-electron chi connectivity index (χ1n) is 7.02. The molecule has 0 aliphatic carbocycles. The number of carbonyl (C=O) groups is 2. The van der Waals surface area contributed by atoms with Gasteiger partial charge in [-0.2, -0.15) is 0 Å². The Morgan fingerprint density at radius 2 is 1.74 bits per heavy atom. The first-order chi connectivity index (χ1) is 11.1. The maximum Gasteiger partial charge on any atom is 0.325 e. The van der Waals surface area contributed by atoms with Crippen molar-refractivity contribution in [1.29, 1.82) is 0 Å². The third kappa shape index (κ3) is 6.34. The Bertz CT molecular complexity index is 647. The monoisotopic (exact) mass is 349 g/mol. The van der Waals surface area contributed by atoms with Crippen molar-refractivity contribution in [2.45, 2.75) is 4.90 Å². The zero-order valence-electron chi connectivity index (χ0n) is 12.3. The lowest BCUT2D eigenvalue weighted by Gasteiger charge is -2.06. The van der Waals surface area contributed by atoms with Crippen molar-refractivity contribution in [3.05, 3.63) is 65.2 Å². The highest BCUT2D eigenvalue weighted by molar-refractivity contribution is 7.99. The molecule has 0 bridgehead atoms. The molecule has 0 saturated heterocycles. The number of rotatable bonds is 7. The van der Waals surface area contributed by atoms with Gasteiger partial charge in [0.25, 0.3) is 5.91 Å². The minimum atomic E-state index is -0.453. The zero-order valence-corrected chi connectivity index (χ0v) is 13.9. The van der Waals surface area contributed by atoms with E-state index >= 15 is 0 Å². The van der Waals surface area contributed by atoms with E-state index in [-0.39, 0.29) is 19.1 Å². The summed E-state index contributed by atoms with van der Waals surface area (Å²) < 4.78 is 5.07. The number of ether oxygens (including phenoxy) is 1. The Kier molecular flexibility index (Phi) is 6.97. The number of halogens is 1. The van der Waals surface area contributed by atoms with Crippen LogP contribution in [0.15, 0.2) is 59.5 Å². The van der Waals surface area contributed by atoms with E-state index in [1.165, 1.54) is 0 Å². The van der Waals surface area contributed by atoms with Crippen molar-refractivity contribution >= 4 is 35.2 Å². The van der Waals surface area contributed by atoms with Gasteiger partial charge in [-0.3, -0.25) is 9.59 Å². The third-order valence-corrected chi connectivity index (χ3v) is 4.09. The maximum atomic E-state index is 11.8. The molecule has 0 radical (unpaired) electrons. The highest BCUT2D eigenvalue weighted by Crippen LogP contribution is 2.19. The number of amides is 1. The smallest absolute Gasteiger partial charge is 0.325 e. The first kappa shape index (κ1) is 17.4. The van der Waals surface area contributed by atoms with Crippen molar-refractivity contribution in [3.63, 3.8) is 0 Å². The predicted octanol–water partition coefficient (Wildman–Crippen LogP) is 3.41. The van der Waals surface area contributed by atoms with Crippen LogP contribution in [-0.2, 0) is 9.53 Å². The molecular weight excluding hydrogens is 334 g/mol. The zero-order chi connectivity index (χ0) is 16.5. The van der Waals surface area contributed by atoms with Gasteiger partial charge >= 0.3 is 5.97 Å². The molecular formula is C17H16ClNO3S. The van der Waals surface area contributed by atoms with Gasteiger partial charge < -0.3 is 10.1 Å². The SMILES string of the molecule is O=C(CNC(=O)c1ccccc1)OCCSc1ccc(Cl)cc1. The molecule has 120 valence electrons.